The standard InChI is InChI=1S/C35H54O6Si/c1-27(21-22-32-31(20-15-23-36)40-35(6,7)41-32)24-33(38-26-37-8)28(2)25-39-42(34(3,4)5,29-16-11-9-12-17-29)30-18-13-10-14-19-30/h9-14,16-19,21-22,27-28,31-33,36H,15,20,23-26H2,1-8H3/b22-21+/t27-,28-,31-,32-,33+/m0/s1. The van der Waals surface area contributed by atoms with Crippen LogP contribution in [0.3, 0.4) is 0 Å². The Balaban J connectivity index is 1.78. The molecule has 1 fully saturated rings. The van der Waals surface area contributed by atoms with Crippen molar-refractivity contribution in [2.24, 2.45) is 11.8 Å². The average molecular weight is 599 g/mol. The summed E-state index contributed by atoms with van der Waals surface area (Å²) in [6.07, 6.45) is 6.37. The minimum Gasteiger partial charge on any atom is -0.407 e. The minimum absolute atomic E-state index is 0.0508. The maximum Gasteiger partial charge on any atom is 0.261 e. The molecule has 2 aromatic rings. The second-order valence-corrected chi connectivity index (χ2v) is 17.5. The number of aliphatic hydroxyl groups excluding tert-OH is 1. The van der Waals surface area contributed by atoms with Crippen LogP contribution in [0.2, 0.25) is 5.04 Å². The van der Waals surface area contributed by atoms with Gasteiger partial charge in [0.1, 0.15) is 12.9 Å². The number of aliphatic hydroxyl groups is 1. The molecule has 0 amide bonds. The van der Waals surface area contributed by atoms with Crippen LogP contribution in [0.4, 0.5) is 0 Å². The summed E-state index contributed by atoms with van der Waals surface area (Å²) < 4.78 is 31.1. The van der Waals surface area contributed by atoms with Gasteiger partial charge in [0.15, 0.2) is 5.79 Å². The summed E-state index contributed by atoms with van der Waals surface area (Å²) in [5.74, 6) is -0.247. The quantitative estimate of drug-likeness (QED) is 0.144. The molecule has 5 atom stereocenters. The van der Waals surface area contributed by atoms with Gasteiger partial charge in [-0.25, -0.2) is 0 Å². The van der Waals surface area contributed by atoms with Gasteiger partial charge in [-0.15, -0.1) is 0 Å². The van der Waals surface area contributed by atoms with E-state index >= 15 is 0 Å². The highest BCUT2D eigenvalue weighted by molar-refractivity contribution is 6.99. The second-order valence-electron chi connectivity index (χ2n) is 13.2. The van der Waals surface area contributed by atoms with Crippen molar-refractivity contribution < 1.29 is 28.5 Å². The lowest BCUT2D eigenvalue weighted by Crippen LogP contribution is -2.67. The molecule has 0 aliphatic carbocycles. The first-order chi connectivity index (χ1) is 19.9. The summed E-state index contributed by atoms with van der Waals surface area (Å²) in [5.41, 5.74) is 0. The molecule has 6 nitrogen and oxygen atoms in total. The molecule has 1 heterocycles. The van der Waals surface area contributed by atoms with Crippen LogP contribution in [-0.4, -0.2) is 64.6 Å². The highest BCUT2D eigenvalue weighted by atomic mass is 28.4. The van der Waals surface area contributed by atoms with Crippen LogP contribution < -0.4 is 10.4 Å². The molecule has 1 aliphatic heterocycles. The van der Waals surface area contributed by atoms with E-state index in [1.807, 2.05) is 13.8 Å². The SMILES string of the molecule is COCO[C@H](C[C@@H](C)/C=C/[C@@H]1OC(C)(C)O[C@H]1CCCO)[C@@H](C)CO[Si](c1ccccc1)(c1ccccc1)C(C)(C)C. The lowest BCUT2D eigenvalue weighted by Gasteiger charge is -2.44. The van der Waals surface area contributed by atoms with E-state index in [1.165, 1.54) is 10.4 Å². The average Bonchev–Trinajstić information content (AvgIpc) is 3.26. The van der Waals surface area contributed by atoms with Gasteiger partial charge in [-0.3, -0.25) is 0 Å². The lowest BCUT2D eigenvalue weighted by atomic mass is 9.94. The molecule has 1 N–H and O–H groups in total. The van der Waals surface area contributed by atoms with Gasteiger partial charge in [-0.1, -0.05) is 107 Å². The van der Waals surface area contributed by atoms with Gasteiger partial charge in [0, 0.05) is 26.2 Å². The van der Waals surface area contributed by atoms with Crippen molar-refractivity contribution in [2.75, 3.05) is 27.1 Å². The normalized spacial score (nSPS) is 21.5. The molecule has 7 heteroatoms. The second kappa shape index (κ2) is 15.8. The van der Waals surface area contributed by atoms with Crippen molar-refractivity contribution in [1.29, 1.82) is 0 Å². The molecule has 0 radical (unpaired) electrons. The summed E-state index contributed by atoms with van der Waals surface area (Å²) in [4.78, 5) is 0. The zero-order valence-corrected chi connectivity index (χ0v) is 28.0. The molecule has 0 spiro atoms. The Hall–Kier alpha value is -1.84. The number of allylic oxidation sites excluding steroid dienone is 1. The molecule has 1 saturated heterocycles. The minimum atomic E-state index is -2.64. The zero-order chi connectivity index (χ0) is 30.8. The molecule has 0 bridgehead atoms. The van der Waals surface area contributed by atoms with E-state index < -0.39 is 14.1 Å². The molecule has 3 rings (SSSR count). The van der Waals surface area contributed by atoms with Crippen molar-refractivity contribution in [2.45, 2.75) is 96.9 Å². The van der Waals surface area contributed by atoms with E-state index in [-0.39, 0.29) is 48.6 Å². The smallest absolute Gasteiger partial charge is 0.261 e. The van der Waals surface area contributed by atoms with Crippen molar-refractivity contribution in [3.63, 3.8) is 0 Å². The van der Waals surface area contributed by atoms with Crippen LogP contribution in [0, 0.1) is 11.8 Å². The van der Waals surface area contributed by atoms with Crippen molar-refractivity contribution in [1.82, 2.24) is 0 Å². The van der Waals surface area contributed by atoms with Crippen LogP contribution in [0.1, 0.15) is 67.7 Å². The van der Waals surface area contributed by atoms with Gasteiger partial charge in [0.25, 0.3) is 8.32 Å². The molecule has 234 valence electrons. The van der Waals surface area contributed by atoms with E-state index in [2.05, 4.69) is 107 Å². The molecular formula is C35H54O6Si. The van der Waals surface area contributed by atoms with Crippen LogP contribution in [-0.2, 0) is 23.4 Å². The molecule has 0 aromatic heterocycles. The monoisotopic (exact) mass is 598 g/mol. The lowest BCUT2D eigenvalue weighted by molar-refractivity contribution is -0.143. The Morgan fingerprint density at radius 1 is 0.976 bits per heavy atom. The number of ether oxygens (including phenoxy) is 4. The van der Waals surface area contributed by atoms with E-state index in [4.69, 9.17) is 23.4 Å². The predicted molar refractivity (Wildman–Crippen MR) is 173 cm³/mol. The van der Waals surface area contributed by atoms with E-state index in [0.29, 0.717) is 13.0 Å². The Bertz CT molecular complexity index is 1030. The largest absolute Gasteiger partial charge is 0.407 e. The molecule has 2 aromatic carbocycles. The fourth-order valence-electron chi connectivity index (χ4n) is 6.03. The molecule has 1 aliphatic rings. The number of hydrogen-bond acceptors (Lipinski definition) is 6. The number of rotatable bonds is 16. The van der Waals surface area contributed by atoms with Gasteiger partial charge in [-0.2, -0.15) is 0 Å². The summed E-state index contributed by atoms with van der Waals surface area (Å²) in [6.45, 7) is 16.2. The molecular weight excluding hydrogens is 544 g/mol. The van der Waals surface area contributed by atoms with Crippen LogP contribution in [0.15, 0.2) is 72.8 Å². The third-order valence-electron chi connectivity index (χ3n) is 8.12. The van der Waals surface area contributed by atoms with Crippen LogP contribution in [0.5, 0.6) is 0 Å². The highest BCUT2D eigenvalue weighted by Gasteiger charge is 2.50. The summed E-state index contributed by atoms with van der Waals surface area (Å²) in [7, 11) is -0.981. The molecule has 42 heavy (non-hydrogen) atoms. The van der Waals surface area contributed by atoms with Crippen molar-refractivity contribution >= 4 is 18.7 Å². The van der Waals surface area contributed by atoms with Gasteiger partial charge >= 0.3 is 0 Å². The Labute approximate surface area is 255 Å². The van der Waals surface area contributed by atoms with Crippen LogP contribution in [0.25, 0.3) is 0 Å². The third kappa shape index (κ3) is 9.08. The van der Waals surface area contributed by atoms with Gasteiger partial charge in [0.05, 0.1) is 12.2 Å². The van der Waals surface area contributed by atoms with E-state index in [0.717, 1.165) is 12.8 Å². The fourth-order valence-corrected chi connectivity index (χ4v) is 10.7. The highest BCUT2D eigenvalue weighted by Crippen LogP contribution is 2.37. The van der Waals surface area contributed by atoms with Crippen molar-refractivity contribution in [3.8, 4) is 0 Å². The summed E-state index contributed by atoms with van der Waals surface area (Å²) in [5, 5.41) is 11.8. The van der Waals surface area contributed by atoms with E-state index in [9.17, 15) is 5.11 Å². The Kier molecular flexibility index (Phi) is 13.0. The maximum atomic E-state index is 9.30. The number of benzene rings is 2. The topological polar surface area (TPSA) is 66.4 Å². The van der Waals surface area contributed by atoms with Crippen molar-refractivity contribution in [3.05, 3.63) is 72.8 Å². The Morgan fingerprint density at radius 3 is 2.10 bits per heavy atom. The first-order valence-electron chi connectivity index (χ1n) is 15.4. The fraction of sp³-hybridized carbons (Fsp3) is 0.600. The zero-order valence-electron chi connectivity index (χ0n) is 27.0. The van der Waals surface area contributed by atoms with Gasteiger partial charge < -0.3 is 28.5 Å². The summed E-state index contributed by atoms with van der Waals surface area (Å²) in [6, 6.07) is 21.5. The van der Waals surface area contributed by atoms with Gasteiger partial charge in [0.2, 0.25) is 0 Å². The number of methoxy groups -OCH3 is 1. The molecule has 0 saturated carbocycles. The maximum absolute atomic E-state index is 9.30. The predicted octanol–water partition coefficient (Wildman–Crippen LogP) is 6.06. The van der Waals surface area contributed by atoms with Gasteiger partial charge in [-0.05, 0) is 54.4 Å². The first-order valence-corrected chi connectivity index (χ1v) is 17.3. The first kappa shape index (κ1) is 34.6. The Morgan fingerprint density at radius 2 is 1.57 bits per heavy atom. The third-order valence-corrected chi connectivity index (χ3v) is 13.1. The number of hydrogen-bond donors (Lipinski definition) is 1. The molecule has 0 unspecified atom stereocenters. The van der Waals surface area contributed by atoms with E-state index in [1.54, 1.807) is 7.11 Å². The van der Waals surface area contributed by atoms with Crippen LogP contribution >= 0.6 is 0 Å². The summed E-state index contributed by atoms with van der Waals surface area (Å²) >= 11 is 0.